The molecule has 31 heavy (non-hydrogen) atoms. The molecule has 1 amide bonds. The Morgan fingerprint density at radius 2 is 1.77 bits per heavy atom. The summed E-state index contributed by atoms with van der Waals surface area (Å²) >= 11 is 5.99. The lowest BCUT2D eigenvalue weighted by Gasteiger charge is -2.32. The molecular weight excluding hydrogens is 432 g/mol. The van der Waals surface area contributed by atoms with Crippen LogP contribution in [0.2, 0.25) is 5.02 Å². The summed E-state index contributed by atoms with van der Waals surface area (Å²) in [5.41, 5.74) is 4.48. The average Bonchev–Trinajstić information content (AvgIpc) is 2.73. The minimum atomic E-state index is -3.88. The zero-order chi connectivity index (χ0) is 22.3. The lowest BCUT2D eigenvalue weighted by atomic mass is 9.95. The number of anilines is 2. The van der Waals surface area contributed by atoms with Crippen molar-refractivity contribution in [1.29, 1.82) is 0 Å². The van der Waals surface area contributed by atoms with Crippen molar-refractivity contribution in [3.63, 3.8) is 0 Å². The molecule has 5 nitrogen and oxygen atoms in total. The van der Waals surface area contributed by atoms with Gasteiger partial charge in [-0.25, -0.2) is 8.42 Å². The number of sulfonamides is 1. The smallest absolute Gasteiger partial charge is 0.265 e. The maximum absolute atomic E-state index is 13.4. The number of hydrogen-bond donors (Lipinski definition) is 1. The summed E-state index contributed by atoms with van der Waals surface area (Å²) in [7, 11) is -3.88. The second-order valence-electron chi connectivity index (χ2n) is 7.95. The van der Waals surface area contributed by atoms with Crippen molar-refractivity contribution in [2.24, 2.45) is 0 Å². The first-order valence-electron chi connectivity index (χ1n) is 10.0. The van der Waals surface area contributed by atoms with Gasteiger partial charge in [-0.15, -0.1) is 0 Å². The van der Waals surface area contributed by atoms with Crippen molar-refractivity contribution in [2.75, 3.05) is 16.2 Å². The molecule has 0 unspecified atom stereocenters. The molecule has 0 spiro atoms. The molecule has 1 N–H and O–H groups in total. The number of nitrogens with one attached hydrogen (secondary N) is 1. The number of halogens is 1. The van der Waals surface area contributed by atoms with Crippen LogP contribution >= 0.6 is 11.6 Å². The lowest BCUT2D eigenvalue weighted by molar-refractivity contribution is -0.114. The lowest BCUT2D eigenvalue weighted by Crippen LogP contribution is -2.40. The van der Waals surface area contributed by atoms with Gasteiger partial charge in [0.25, 0.3) is 10.0 Å². The highest BCUT2D eigenvalue weighted by molar-refractivity contribution is 7.93. The predicted molar refractivity (Wildman–Crippen MR) is 125 cm³/mol. The van der Waals surface area contributed by atoms with Crippen LogP contribution in [-0.2, 0) is 14.8 Å². The minimum Gasteiger partial charge on any atom is -0.324 e. The van der Waals surface area contributed by atoms with E-state index >= 15 is 0 Å². The number of rotatable bonds is 4. The summed E-state index contributed by atoms with van der Waals surface area (Å²) in [6.07, 6.45) is 0. The summed E-state index contributed by atoms with van der Waals surface area (Å²) in [5.74, 6) is -0.132. The van der Waals surface area contributed by atoms with E-state index in [9.17, 15) is 13.2 Å². The first kappa shape index (κ1) is 21.4. The van der Waals surface area contributed by atoms with Gasteiger partial charge in [-0.2, -0.15) is 0 Å². The Morgan fingerprint density at radius 1 is 1.03 bits per heavy atom. The van der Waals surface area contributed by atoms with Gasteiger partial charge in [-0.3, -0.25) is 9.10 Å². The Balaban J connectivity index is 1.75. The van der Waals surface area contributed by atoms with E-state index in [0.29, 0.717) is 27.9 Å². The molecule has 7 heteroatoms. The Labute approximate surface area is 187 Å². The van der Waals surface area contributed by atoms with E-state index in [1.165, 1.54) is 4.31 Å². The zero-order valence-corrected chi connectivity index (χ0v) is 19.1. The average molecular weight is 455 g/mol. The first-order chi connectivity index (χ1) is 14.7. The second kappa shape index (κ2) is 8.02. The monoisotopic (exact) mass is 454 g/mol. The van der Waals surface area contributed by atoms with E-state index in [0.717, 1.165) is 16.7 Å². The number of benzene rings is 3. The highest BCUT2D eigenvalue weighted by Crippen LogP contribution is 2.44. The molecule has 1 aliphatic heterocycles. The third kappa shape index (κ3) is 3.93. The van der Waals surface area contributed by atoms with E-state index in [1.54, 1.807) is 36.4 Å². The summed E-state index contributed by atoms with van der Waals surface area (Å²) in [4.78, 5) is 13.1. The van der Waals surface area contributed by atoms with Gasteiger partial charge in [0, 0.05) is 21.8 Å². The van der Waals surface area contributed by atoms with Crippen molar-refractivity contribution in [2.45, 2.75) is 31.6 Å². The van der Waals surface area contributed by atoms with Crippen molar-refractivity contribution in [1.82, 2.24) is 0 Å². The molecule has 0 fully saturated rings. The van der Waals surface area contributed by atoms with Crippen LogP contribution in [0.3, 0.4) is 0 Å². The Morgan fingerprint density at radius 3 is 2.48 bits per heavy atom. The molecule has 3 aromatic rings. The summed E-state index contributed by atoms with van der Waals surface area (Å²) in [6.45, 7) is 5.69. The standard InChI is InChI=1S/C24H23ClN2O3S/c1-15(2)17-8-11-22-20(13-17)19-6-4-5-7-23(19)31(29,30)27(22)14-24(28)26-21-10-9-18(25)12-16(21)3/h4-13,15H,14H2,1-3H3,(H,26,28). The molecule has 0 aliphatic carbocycles. The Bertz CT molecular complexity index is 1290. The van der Waals surface area contributed by atoms with Gasteiger partial charge >= 0.3 is 0 Å². The van der Waals surface area contributed by atoms with Gasteiger partial charge in [0.15, 0.2) is 0 Å². The molecule has 0 bridgehead atoms. The zero-order valence-electron chi connectivity index (χ0n) is 17.5. The largest absolute Gasteiger partial charge is 0.324 e. The number of carbonyl (C=O) groups excluding carboxylic acids is 1. The number of hydrogen-bond acceptors (Lipinski definition) is 3. The van der Waals surface area contributed by atoms with Crippen LogP contribution in [-0.4, -0.2) is 20.9 Å². The number of fused-ring (bicyclic) bond motifs is 3. The molecule has 0 atom stereocenters. The van der Waals surface area contributed by atoms with Gasteiger partial charge in [0.05, 0.1) is 10.6 Å². The third-order valence-corrected chi connectivity index (χ3v) is 7.50. The van der Waals surface area contributed by atoms with Crippen molar-refractivity contribution in [3.8, 4) is 11.1 Å². The molecule has 0 saturated carbocycles. The predicted octanol–water partition coefficient (Wildman–Crippen LogP) is 5.59. The molecule has 1 aliphatic rings. The topological polar surface area (TPSA) is 66.5 Å². The second-order valence-corrected chi connectivity index (χ2v) is 10.2. The fourth-order valence-corrected chi connectivity index (χ4v) is 5.64. The fraction of sp³-hybridized carbons (Fsp3) is 0.208. The summed E-state index contributed by atoms with van der Waals surface area (Å²) < 4.78 is 28.0. The summed E-state index contributed by atoms with van der Waals surface area (Å²) in [5, 5.41) is 3.37. The number of nitrogens with zero attached hydrogens (tertiary/aromatic N) is 1. The SMILES string of the molecule is Cc1cc(Cl)ccc1NC(=O)CN1c2ccc(C(C)C)cc2-c2ccccc2S1(=O)=O. The molecule has 1 heterocycles. The fourth-order valence-electron chi connectivity index (χ4n) is 3.77. The van der Waals surface area contributed by atoms with E-state index in [-0.39, 0.29) is 11.4 Å². The highest BCUT2D eigenvalue weighted by atomic mass is 35.5. The van der Waals surface area contributed by atoms with Crippen LogP contribution in [0.25, 0.3) is 11.1 Å². The molecule has 160 valence electrons. The normalized spacial score (nSPS) is 14.2. The van der Waals surface area contributed by atoms with E-state index in [2.05, 4.69) is 19.2 Å². The van der Waals surface area contributed by atoms with Crippen molar-refractivity contribution >= 4 is 38.9 Å². The Hall–Kier alpha value is -2.83. The molecule has 0 radical (unpaired) electrons. The van der Waals surface area contributed by atoms with Crippen LogP contribution in [0.15, 0.2) is 65.6 Å². The maximum atomic E-state index is 13.4. The van der Waals surface area contributed by atoms with Crippen LogP contribution in [0.4, 0.5) is 11.4 Å². The van der Waals surface area contributed by atoms with Gasteiger partial charge in [0.1, 0.15) is 6.54 Å². The molecule has 0 saturated heterocycles. The summed E-state index contributed by atoms with van der Waals surface area (Å²) in [6, 6.07) is 17.8. The molecule has 3 aromatic carbocycles. The van der Waals surface area contributed by atoms with Gasteiger partial charge in [-0.1, -0.05) is 49.7 Å². The van der Waals surface area contributed by atoms with Crippen LogP contribution in [0.5, 0.6) is 0 Å². The highest BCUT2D eigenvalue weighted by Gasteiger charge is 2.36. The van der Waals surface area contributed by atoms with Crippen LogP contribution in [0.1, 0.15) is 30.9 Å². The van der Waals surface area contributed by atoms with E-state index < -0.39 is 15.9 Å². The van der Waals surface area contributed by atoms with E-state index in [1.807, 2.05) is 31.2 Å². The number of carbonyl (C=O) groups is 1. The molecule has 4 rings (SSSR count). The van der Waals surface area contributed by atoms with Crippen molar-refractivity contribution < 1.29 is 13.2 Å². The Kier molecular flexibility index (Phi) is 5.54. The number of amides is 1. The van der Waals surface area contributed by atoms with Gasteiger partial charge in [-0.05, 0) is 60.4 Å². The van der Waals surface area contributed by atoms with Gasteiger partial charge in [0.2, 0.25) is 5.91 Å². The first-order valence-corrected chi connectivity index (χ1v) is 11.8. The number of aryl methyl sites for hydroxylation is 1. The molecule has 0 aromatic heterocycles. The molecular formula is C24H23ClN2O3S. The van der Waals surface area contributed by atoms with E-state index in [4.69, 9.17) is 11.6 Å². The van der Waals surface area contributed by atoms with Crippen LogP contribution < -0.4 is 9.62 Å². The maximum Gasteiger partial charge on any atom is 0.265 e. The quantitative estimate of drug-likeness (QED) is 0.559. The van der Waals surface area contributed by atoms with Crippen molar-refractivity contribution in [3.05, 3.63) is 76.8 Å². The van der Waals surface area contributed by atoms with Gasteiger partial charge < -0.3 is 5.32 Å². The van der Waals surface area contributed by atoms with Crippen LogP contribution in [0, 0.1) is 6.92 Å². The third-order valence-electron chi connectivity index (χ3n) is 5.45. The minimum absolute atomic E-state index is 0.207.